The third-order valence-corrected chi connectivity index (χ3v) is 2.79. The number of hydrogen-bond donors (Lipinski definition) is 0. The van der Waals surface area contributed by atoms with Gasteiger partial charge in [-0.05, 0) is 0 Å². The van der Waals surface area contributed by atoms with Crippen LogP contribution in [0.1, 0.15) is 4.88 Å². The number of carbonyl (C=O) groups is 2. The largest absolute Gasteiger partial charge is 0.468 e. The molecule has 0 aliphatic carbocycles. The number of nitrogens with zero attached hydrogens (tertiary/aromatic N) is 2. The van der Waals surface area contributed by atoms with E-state index in [1.807, 2.05) is 0 Å². The van der Waals surface area contributed by atoms with Gasteiger partial charge in [-0.3, -0.25) is 19.5 Å². The predicted molar refractivity (Wildman–Crippen MR) is 61.4 cm³/mol. The van der Waals surface area contributed by atoms with Crippen molar-refractivity contribution in [2.24, 2.45) is 0 Å². The zero-order valence-electron chi connectivity index (χ0n) is 9.71. The fourth-order valence-electron chi connectivity index (χ4n) is 1.20. The third-order valence-electron chi connectivity index (χ3n) is 2.02. The highest BCUT2D eigenvalue weighted by Crippen LogP contribution is 2.09. The van der Waals surface area contributed by atoms with Gasteiger partial charge >= 0.3 is 11.9 Å². The maximum Gasteiger partial charge on any atom is 0.319 e. The number of aromatic nitrogens is 1. The molecule has 0 aromatic carbocycles. The van der Waals surface area contributed by atoms with Gasteiger partial charge in [0.25, 0.3) is 0 Å². The van der Waals surface area contributed by atoms with Crippen LogP contribution in [0.2, 0.25) is 0 Å². The Kier molecular flexibility index (Phi) is 5.58. The molecule has 94 valence electrons. The van der Waals surface area contributed by atoms with Crippen molar-refractivity contribution in [3.63, 3.8) is 0 Å². The Balaban J connectivity index is 2.58. The molecular weight excluding hydrogens is 244 g/mol. The first-order valence-corrected chi connectivity index (χ1v) is 5.77. The molecule has 17 heavy (non-hydrogen) atoms. The monoisotopic (exact) mass is 258 g/mol. The fraction of sp³-hybridized carbons (Fsp3) is 0.500. The standard InChI is InChI=1S/C10H14N2O4S/c1-15-9(13)5-12(6-10(14)16-2)4-8-3-11-7-17-8/h3,7H,4-6H2,1-2H3. The molecule has 0 saturated carbocycles. The van der Waals surface area contributed by atoms with E-state index in [1.54, 1.807) is 16.6 Å². The molecule has 0 spiro atoms. The summed E-state index contributed by atoms with van der Waals surface area (Å²) in [6.45, 7) is 0.557. The van der Waals surface area contributed by atoms with Crippen molar-refractivity contribution in [1.82, 2.24) is 9.88 Å². The summed E-state index contributed by atoms with van der Waals surface area (Å²) in [5.74, 6) is -0.781. The molecular formula is C10H14N2O4S. The zero-order chi connectivity index (χ0) is 12.7. The zero-order valence-corrected chi connectivity index (χ0v) is 10.5. The highest BCUT2D eigenvalue weighted by molar-refractivity contribution is 7.09. The lowest BCUT2D eigenvalue weighted by Gasteiger charge is -2.18. The van der Waals surface area contributed by atoms with Gasteiger partial charge in [0.2, 0.25) is 0 Å². The molecule has 0 aliphatic rings. The smallest absolute Gasteiger partial charge is 0.319 e. The molecule has 0 fully saturated rings. The average molecular weight is 258 g/mol. The molecule has 0 radical (unpaired) electrons. The van der Waals surface area contributed by atoms with E-state index in [0.29, 0.717) is 6.54 Å². The summed E-state index contributed by atoms with van der Waals surface area (Å²) in [5, 5.41) is 0. The summed E-state index contributed by atoms with van der Waals surface area (Å²) in [7, 11) is 2.62. The molecule has 1 rings (SSSR count). The van der Waals surface area contributed by atoms with E-state index in [1.165, 1.54) is 25.6 Å². The molecule has 0 N–H and O–H groups in total. The molecule has 1 aromatic heterocycles. The molecule has 0 atom stereocenters. The van der Waals surface area contributed by atoms with Crippen LogP contribution in [0.3, 0.4) is 0 Å². The first-order chi connectivity index (χ1) is 8.15. The van der Waals surface area contributed by atoms with Gasteiger partial charge in [0, 0.05) is 17.6 Å². The van der Waals surface area contributed by atoms with Gasteiger partial charge in [0.15, 0.2) is 0 Å². The Bertz CT molecular complexity index is 348. The van der Waals surface area contributed by atoms with Crippen LogP contribution in [0.25, 0.3) is 0 Å². The van der Waals surface area contributed by atoms with E-state index in [4.69, 9.17) is 0 Å². The fourth-order valence-corrected chi connectivity index (χ4v) is 1.84. The Labute approximate surface area is 103 Å². The van der Waals surface area contributed by atoms with E-state index in [-0.39, 0.29) is 13.1 Å². The summed E-state index contributed by atoms with van der Waals surface area (Å²) in [4.78, 5) is 28.9. The van der Waals surface area contributed by atoms with Crippen LogP contribution in [0.4, 0.5) is 0 Å². The normalized spacial score (nSPS) is 10.3. The average Bonchev–Trinajstić information content (AvgIpc) is 2.81. The van der Waals surface area contributed by atoms with Crippen molar-refractivity contribution >= 4 is 23.3 Å². The number of hydrogen-bond acceptors (Lipinski definition) is 7. The van der Waals surface area contributed by atoms with Crippen LogP contribution < -0.4 is 0 Å². The molecule has 1 aromatic rings. The van der Waals surface area contributed by atoms with Crippen LogP contribution in [-0.2, 0) is 25.6 Å². The lowest BCUT2D eigenvalue weighted by Crippen LogP contribution is -2.34. The number of rotatable bonds is 6. The van der Waals surface area contributed by atoms with Crippen LogP contribution in [0.15, 0.2) is 11.7 Å². The van der Waals surface area contributed by atoms with Crippen molar-refractivity contribution in [3.05, 3.63) is 16.6 Å². The molecule has 0 bridgehead atoms. The summed E-state index contributed by atoms with van der Waals surface area (Å²) < 4.78 is 9.14. The molecule has 0 aliphatic heterocycles. The number of methoxy groups -OCH3 is 2. The predicted octanol–water partition coefficient (Wildman–Crippen LogP) is 0.291. The topological polar surface area (TPSA) is 68.7 Å². The van der Waals surface area contributed by atoms with Gasteiger partial charge in [-0.15, -0.1) is 11.3 Å². The Morgan fingerprint density at radius 3 is 2.29 bits per heavy atom. The maximum absolute atomic E-state index is 11.2. The van der Waals surface area contributed by atoms with Crippen LogP contribution in [-0.4, -0.2) is 49.1 Å². The molecule has 0 saturated heterocycles. The summed E-state index contributed by atoms with van der Waals surface area (Å²) in [6.07, 6.45) is 1.70. The van der Waals surface area contributed by atoms with E-state index in [2.05, 4.69) is 14.5 Å². The number of esters is 2. The SMILES string of the molecule is COC(=O)CN(CC(=O)OC)Cc1cncs1. The summed E-state index contributed by atoms with van der Waals surface area (Å²) in [5.41, 5.74) is 1.70. The second kappa shape index (κ2) is 6.97. The van der Waals surface area contributed by atoms with Crippen LogP contribution in [0, 0.1) is 0 Å². The highest BCUT2D eigenvalue weighted by atomic mass is 32.1. The third kappa shape index (κ3) is 4.92. The number of thiazole rings is 1. The lowest BCUT2D eigenvalue weighted by molar-refractivity contribution is -0.145. The van der Waals surface area contributed by atoms with Gasteiger partial charge in [0.1, 0.15) is 0 Å². The molecule has 7 heteroatoms. The minimum atomic E-state index is -0.390. The van der Waals surface area contributed by atoms with Gasteiger partial charge in [-0.2, -0.15) is 0 Å². The lowest BCUT2D eigenvalue weighted by atomic mass is 10.4. The molecule has 0 amide bonds. The summed E-state index contributed by atoms with van der Waals surface area (Å²) in [6, 6.07) is 0. The molecule has 1 heterocycles. The van der Waals surface area contributed by atoms with Crippen molar-refractivity contribution in [2.75, 3.05) is 27.3 Å². The molecule has 6 nitrogen and oxygen atoms in total. The highest BCUT2D eigenvalue weighted by Gasteiger charge is 2.16. The Morgan fingerprint density at radius 1 is 1.29 bits per heavy atom. The van der Waals surface area contributed by atoms with E-state index >= 15 is 0 Å². The number of carbonyl (C=O) groups excluding carboxylic acids is 2. The number of ether oxygens (including phenoxy) is 2. The van der Waals surface area contributed by atoms with Gasteiger partial charge in [-0.1, -0.05) is 0 Å². The van der Waals surface area contributed by atoms with Crippen LogP contribution in [0.5, 0.6) is 0 Å². The van der Waals surface area contributed by atoms with Crippen LogP contribution >= 0.6 is 11.3 Å². The Hall–Kier alpha value is -1.47. The van der Waals surface area contributed by atoms with E-state index in [9.17, 15) is 9.59 Å². The first kappa shape index (κ1) is 13.6. The summed E-state index contributed by atoms with van der Waals surface area (Å²) >= 11 is 1.46. The van der Waals surface area contributed by atoms with Gasteiger partial charge < -0.3 is 9.47 Å². The minimum Gasteiger partial charge on any atom is -0.468 e. The van der Waals surface area contributed by atoms with Crippen molar-refractivity contribution in [1.29, 1.82) is 0 Å². The quantitative estimate of drug-likeness (QED) is 0.683. The van der Waals surface area contributed by atoms with E-state index in [0.717, 1.165) is 4.88 Å². The van der Waals surface area contributed by atoms with Crippen molar-refractivity contribution in [2.45, 2.75) is 6.54 Å². The molecule has 0 unspecified atom stereocenters. The van der Waals surface area contributed by atoms with E-state index < -0.39 is 11.9 Å². The second-order valence-corrected chi connectivity index (χ2v) is 4.24. The Morgan fingerprint density at radius 2 is 1.88 bits per heavy atom. The van der Waals surface area contributed by atoms with Gasteiger partial charge in [-0.25, -0.2) is 0 Å². The minimum absolute atomic E-state index is 0.0451. The maximum atomic E-state index is 11.2. The van der Waals surface area contributed by atoms with Gasteiger partial charge in [0.05, 0.1) is 32.8 Å². The van der Waals surface area contributed by atoms with Crippen molar-refractivity contribution < 1.29 is 19.1 Å². The second-order valence-electron chi connectivity index (χ2n) is 3.27. The van der Waals surface area contributed by atoms with Crippen molar-refractivity contribution in [3.8, 4) is 0 Å². The first-order valence-electron chi connectivity index (χ1n) is 4.89.